The summed E-state index contributed by atoms with van der Waals surface area (Å²) in [5, 5.41) is 10.7. The normalized spacial score (nSPS) is 28.6. The second kappa shape index (κ2) is 6.72. The molecule has 0 aliphatic heterocycles. The molecule has 0 radical (unpaired) electrons. The first-order chi connectivity index (χ1) is 8.37. The molecule has 1 aliphatic carbocycles. The molecule has 0 saturated heterocycles. The minimum Gasteiger partial charge on any atom is -0.377 e. The summed E-state index contributed by atoms with van der Waals surface area (Å²) >= 11 is 0. The summed E-state index contributed by atoms with van der Waals surface area (Å²) in [5.41, 5.74) is 2.45. The smallest absolute Gasteiger partial charge is 0.146 e. The van der Waals surface area contributed by atoms with Crippen molar-refractivity contribution in [2.45, 2.75) is 50.9 Å². The van der Waals surface area contributed by atoms with Crippen LogP contribution in [-0.4, -0.2) is 39.3 Å². The molecular formula is C14H26O3Si. The quantitative estimate of drug-likeness (QED) is 0.369. The highest BCUT2D eigenvalue weighted by molar-refractivity contribution is 6.83. The van der Waals surface area contributed by atoms with Crippen LogP contribution in [0.1, 0.15) is 25.7 Å². The van der Waals surface area contributed by atoms with E-state index in [0.29, 0.717) is 6.61 Å². The third kappa shape index (κ3) is 5.11. The summed E-state index contributed by atoms with van der Waals surface area (Å²) in [6.07, 6.45) is 3.96. The summed E-state index contributed by atoms with van der Waals surface area (Å²) in [6, 6.07) is 0. The minimum atomic E-state index is -1.44. The van der Waals surface area contributed by atoms with Gasteiger partial charge in [-0.05, 0) is 19.3 Å². The van der Waals surface area contributed by atoms with Gasteiger partial charge in [-0.15, -0.1) is 5.54 Å². The molecule has 2 atom stereocenters. The Balaban J connectivity index is 2.69. The monoisotopic (exact) mass is 270 g/mol. The van der Waals surface area contributed by atoms with Gasteiger partial charge in [-0.2, -0.15) is 0 Å². The standard InChI is InChI=1S/C14H26O3Si/c1-16-12-17-11-13-7-5-6-8-14(13,15)9-10-18(2,3)4/h13,15H,5-8,11-12H2,1-4H3/t13-,14-/m0/s1. The molecule has 1 fully saturated rings. The van der Waals surface area contributed by atoms with Crippen molar-refractivity contribution in [1.29, 1.82) is 0 Å². The topological polar surface area (TPSA) is 38.7 Å². The van der Waals surface area contributed by atoms with Crippen molar-refractivity contribution >= 4 is 8.07 Å². The predicted octanol–water partition coefficient (Wildman–Crippen LogP) is 2.41. The highest BCUT2D eigenvalue weighted by Gasteiger charge is 2.37. The van der Waals surface area contributed by atoms with E-state index in [1.54, 1.807) is 7.11 Å². The van der Waals surface area contributed by atoms with Gasteiger partial charge in [0.15, 0.2) is 0 Å². The summed E-state index contributed by atoms with van der Waals surface area (Å²) in [7, 11) is 0.167. The van der Waals surface area contributed by atoms with Crippen LogP contribution in [0.2, 0.25) is 19.6 Å². The number of methoxy groups -OCH3 is 1. The zero-order valence-corrected chi connectivity index (χ0v) is 13.1. The van der Waals surface area contributed by atoms with Crippen molar-refractivity contribution < 1.29 is 14.6 Å². The first kappa shape index (κ1) is 15.7. The van der Waals surface area contributed by atoms with Gasteiger partial charge in [-0.25, -0.2) is 0 Å². The molecule has 1 N–H and O–H groups in total. The van der Waals surface area contributed by atoms with Crippen molar-refractivity contribution in [3.63, 3.8) is 0 Å². The number of rotatable bonds is 4. The Morgan fingerprint density at radius 3 is 2.67 bits per heavy atom. The Labute approximate surface area is 112 Å². The van der Waals surface area contributed by atoms with Gasteiger partial charge in [0, 0.05) is 13.0 Å². The van der Waals surface area contributed by atoms with Crippen LogP contribution < -0.4 is 0 Å². The molecule has 1 saturated carbocycles. The average Bonchev–Trinajstić information content (AvgIpc) is 2.29. The predicted molar refractivity (Wildman–Crippen MR) is 75.9 cm³/mol. The highest BCUT2D eigenvalue weighted by atomic mass is 28.3. The van der Waals surface area contributed by atoms with Crippen LogP contribution in [0.3, 0.4) is 0 Å². The van der Waals surface area contributed by atoms with E-state index in [9.17, 15) is 5.11 Å². The van der Waals surface area contributed by atoms with E-state index in [1.165, 1.54) is 0 Å². The second-order valence-corrected chi connectivity index (χ2v) is 10.9. The van der Waals surface area contributed by atoms with E-state index in [-0.39, 0.29) is 12.7 Å². The van der Waals surface area contributed by atoms with Gasteiger partial charge in [-0.3, -0.25) is 0 Å². The third-order valence-corrected chi connectivity index (χ3v) is 4.09. The van der Waals surface area contributed by atoms with Crippen LogP contribution in [0.15, 0.2) is 0 Å². The van der Waals surface area contributed by atoms with Gasteiger partial charge >= 0.3 is 0 Å². The molecule has 0 aromatic carbocycles. The van der Waals surface area contributed by atoms with Crippen LogP contribution in [0.25, 0.3) is 0 Å². The summed E-state index contributed by atoms with van der Waals surface area (Å²) in [6.45, 7) is 7.41. The molecule has 0 spiro atoms. The Kier molecular flexibility index (Phi) is 5.86. The molecule has 4 heteroatoms. The van der Waals surface area contributed by atoms with Crippen LogP contribution >= 0.6 is 0 Å². The maximum atomic E-state index is 10.7. The van der Waals surface area contributed by atoms with Crippen molar-refractivity contribution in [3.05, 3.63) is 0 Å². The van der Waals surface area contributed by atoms with Crippen LogP contribution in [-0.2, 0) is 9.47 Å². The van der Waals surface area contributed by atoms with E-state index in [0.717, 1.165) is 25.7 Å². The summed E-state index contributed by atoms with van der Waals surface area (Å²) in [4.78, 5) is 0. The molecule has 1 rings (SSSR count). The van der Waals surface area contributed by atoms with E-state index in [2.05, 4.69) is 31.1 Å². The zero-order chi connectivity index (χ0) is 13.6. The Hall–Kier alpha value is -0.343. The Morgan fingerprint density at radius 1 is 1.33 bits per heavy atom. The number of hydrogen-bond acceptors (Lipinski definition) is 3. The van der Waals surface area contributed by atoms with E-state index < -0.39 is 13.7 Å². The number of aliphatic hydroxyl groups is 1. The molecule has 3 nitrogen and oxygen atoms in total. The first-order valence-electron chi connectivity index (χ1n) is 6.71. The minimum absolute atomic E-state index is 0.116. The van der Waals surface area contributed by atoms with E-state index in [4.69, 9.17) is 9.47 Å². The van der Waals surface area contributed by atoms with Gasteiger partial charge in [0.05, 0.1) is 6.61 Å². The molecule has 0 aromatic heterocycles. The lowest BCUT2D eigenvalue weighted by Gasteiger charge is -2.36. The SMILES string of the molecule is COCOC[C@@H]1CCCC[C@]1(O)C#C[Si](C)(C)C. The molecule has 0 heterocycles. The van der Waals surface area contributed by atoms with Crippen molar-refractivity contribution in [2.75, 3.05) is 20.5 Å². The second-order valence-electron chi connectivity index (χ2n) is 6.14. The maximum absolute atomic E-state index is 10.7. The largest absolute Gasteiger partial charge is 0.377 e. The van der Waals surface area contributed by atoms with E-state index in [1.807, 2.05) is 0 Å². The molecule has 104 valence electrons. The average molecular weight is 270 g/mol. The molecule has 0 bridgehead atoms. The number of ether oxygens (including phenoxy) is 2. The van der Waals surface area contributed by atoms with Crippen LogP contribution in [0.5, 0.6) is 0 Å². The van der Waals surface area contributed by atoms with Gasteiger partial charge in [0.25, 0.3) is 0 Å². The van der Waals surface area contributed by atoms with Gasteiger partial charge in [0.2, 0.25) is 0 Å². The lowest BCUT2D eigenvalue weighted by molar-refractivity contribution is -0.0861. The Morgan fingerprint density at radius 2 is 2.06 bits per heavy atom. The van der Waals surface area contributed by atoms with Gasteiger partial charge in [-0.1, -0.05) is 32.0 Å². The van der Waals surface area contributed by atoms with Crippen molar-refractivity contribution in [3.8, 4) is 11.5 Å². The lowest BCUT2D eigenvalue weighted by Crippen LogP contribution is -2.42. The van der Waals surface area contributed by atoms with E-state index >= 15 is 0 Å². The molecule has 0 unspecified atom stereocenters. The molecule has 18 heavy (non-hydrogen) atoms. The third-order valence-electron chi connectivity index (χ3n) is 3.21. The fourth-order valence-corrected chi connectivity index (χ4v) is 2.77. The first-order valence-corrected chi connectivity index (χ1v) is 10.2. The molecule has 0 aromatic rings. The van der Waals surface area contributed by atoms with Crippen LogP contribution in [0, 0.1) is 17.4 Å². The molecule has 1 aliphatic rings. The lowest BCUT2D eigenvalue weighted by atomic mass is 9.76. The van der Waals surface area contributed by atoms with Crippen LogP contribution in [0.4, 0.5) is 0 Å². The number of hydrogen-bond donors (Lipinski definition) is 1. The zero-order valence-electron chi connectivity index (χ0n) is 12.1. The fraction of sp³-hybridized carbons (Fsp3) is 0.857. The maximum Gasteiger partial charge on any atom is 0.146 e. The molecule has 0 amide bonds. The summed E-state index contributed by atoms with van der Waals surface area (Å²) < 4.78 is 10.3. The molecular weight excluding hydrogens is 244 g/mol. The highest BCUT2D eigenvalue weighted by Crippen LogP contribution is 2.33. The Bertz CT molecular complexity index is 313. The van der Waals surface area contributed by atoms with Gasteiger partial charge in [0.1, 0.15) is 20.5 Å². The summed E-state index contributed by atoms with van der Waals surface area (Å²) in [5.74, 6) is 3.28. The van der Waals surface area contributed by atoms with Crippen molar-refractivity contribution in [2.24, 2.45) is 5.92 Å². The fourth-order valence-electron chi connectivity index (χ4n) is 2.18. The van der Waals surface area contributed by atoms with Gasteiger partial charge < -0.3 is 14.6 Å². The van der Waals surface area contributed by atoms with Crippen molar-refractivity contribution in [1.82, 2.24) is 0 Å².